The van der Waals surface area contributed by atoms with Gasteiger partial charge in [0.2, 0.25) is 10.0 Å². The average Bonchev–Trinajstić information content (AvgIpc) is 3.22. The van der Waals surface area contributed by atoms with Gasteiger partial charge in [-0.05, 0) is 47.0 Å². The molecule has 3 aromatic carbocycles. The van der Waals surface area contributed by atoms with Gasteiger partial charge in [-0.1, -0.05) is 42.5 Å². The molecule has 3 aromatic rings. The molecule has 0 saturated carbocycles. The van der Waals surface area contributed by atoms with Gasteiger partial charge in [-0.25, -0.2) is 8.42 Å². The van der Waals surface area contributed by atoms with Crippen LogP contribution in [0, 0.1) is 0 Å². The molecule has 2 atom stereocenters. The van der Waals surface area contributed by atoms with Gasteiger partial charge in [0.05, 0.1) is 18.6 Å². The van der Waals surface area contributed by atoms with Crippen molar-refractivity contribution < 1.29 is 18.3 Å². The van der Waals surface area contributed by atoms with Gasteiger partial charge in [0.25, 0.3) is 0 Å². The third-order valence-electron chi connectivity index (χ3n) is 5.51. The van der Waals surface area contributed by atoms with E-state index in [-0.39, 0.29) is 16.8 Å². The van der Waals surface area contributed by atoms with Crippen LogP contribution < -0.4 is 4.74 Å². The zero-order valence-electron chi connectivity index (χ0n) is 16.8. The van der Waals surface area contributed by atoms with E-state index in [0.29, 0.717) is 13.0 Å². The highest BCUT2D eigenvalue weighted by atomic mass is 32.2. The largest absolute Gasteiger partial charge is 0.497 e. The van der Waals surface area contributed by atoms with Crippen molar-refractivity contribution in [3.63, 3.8) is 0 Å². The maximum atomic E-state index is 13.3. The molecule has 0 aromatic heterocycles. The van der Waals surface area contributed by atoms with Crippen molar-refractivity contribution in [3.8, 4) is 5.75 Å². The number of thioether (sulfide) groups is 1. The molecule has 30 heavy (non-hydrogen) atoms. The van der Waals surface area contributed by atoms with E-state index in [1.165, 1.54) is 4.31 Å². The summed E-state index contributed by atoms with van der Waals surface area (Å²) >= 11 is 1.73. The number of ether oxygens (including phenoxy) is 1. The quantitative estimate of drug-likeness (QED) is 0.600. The highest BCUT2D eigenvalue weighted by molar-refractivity contribution is 7.99. The second kappa shape index (κ2) is 8.98. The fourth-order valence-corrected chi connectivity index (χ4v) is 6.87. The van der Waals surface area contributed by atoms with Gasteiger partial charge in [-0.2, -0.15) is 16.1 Å². The Labute approximate surface area is 181 Å². The van der Waals surface area contributed by atoms with E-state index in [2.05, 4.69) is 0 Å². The molecule has 1 saturated heterocycles. The Hall–Kier alpha value is -2.06. The first-order chi connectivity index (χ1) is 14.5. The highest BCUT2D eigenvalue weighted by Gasteiger charge is 2.40. The van der Waals surface area contributed by atoms with E-state index < -0.39 is 16.1 Å². The summed E-state index contributed by atoms with van der Waals surface area (Å²) in [5.41, 5.74) is 1.16. The highest BCUT2D eigenvalue weighted by Crippen LogP contribution is 2.34. The minimum Gasteiger partial charge on any atom is -0.497 e. The van der Waals surface area contributed by atoms with Crippen LogP contribution in [0.3, 0.4) is 0 Å². The SMILES string of the molecule is COc1ccc(CSC2CC(CO)N(S(=O)(=O)c3ccc4ccccc4c3)C2)cc1. The standard InChI is InChI=1S/C23H25NO4S2/c1-28-21-9-6-17(7-10-21)16-29-22-13-20(15-25)24(14-22)30(26,27)23-11-8-18-4-2-3-5-19(18)12-23/h2-12,20,22,25H,13-16H2,1H3. The second-order valence-corrected chi connectivity index (χ2v) is 10.6. The van der Waals surface area contributed by atoms with E-state index in [0.717, 1.165) is 27.8 Å². The molecule has 0 amide bonds. The number of methoxy groups -OCH3 is 1. The summed E-state index contributed by atoms with van der Waals surface area (Å²) in [5, 5.41) is 11.9. The van der Waals surface area contributed by atoms with Crippen LogP contribution >= 0.6 is 11.8 Å². The lowest BCUT2D eigenvalue weighted by Crippen LogP contribution is -2.37. The van der Waals surface area contributed by atoms with Crippen molar-refractivity contribution >= 4 is 32.6 Å². The molecule has 7 heteroatoms. The lowest BCUT2D eigenvalue weighted by atomic mass is 10.1. The summed E-state index contributed by atoms with van der Waals surface area (Å²) in [6.07, 6.45) is 0.643. The molecule has 5 nitrogen and oxygen atoms in total. The summed E-state index contributed by atoms with van der Waals surface area (Å²) in [5.74, 6) is 1.61. The molecule has 1 N–H and O–H groups in total. The zero-order valence-corrected chi connectivity index (χ0v) is 18.4. The molecule has 158 valence electrons. The molecule has 0 aliphatic carbocycles. The van der Waals surface area contributed by atoms with E-state index in [9.17, 15) is 13.5 Å². The first-order valence-electron chi connectivity index (χ1n) is 9.87. The maximum absolute atomic E-state index is 13.3. The third-order valence-corrected chi connectivity index (χ3v) is 8.74. The smallest absolute Gasteiger partial charge is 0.243 e. The second-order valence-electron chi connectivity index (χ2n) is 7.44. The van der Waals surface area contributed by atoms with Gasteiger partial charge in [0.15, 0.2) is 0 Å². The Bertz CT molecular complexity index is 1120. The monoisotopic (exact) mass is 443 g/mol. The normalized spacial score (nSPS) is 19.9. The molecule has 0 bridgehead atoms. The van der Waals surface area contributed by atoms with Gasteiger partial charge >= 0.3 is 0 Å². The van der Waals surface area contributed by atoms with Crippen molar-refractivity contribution in [2.45, 2.75) is 28.4 Å². The van der Waals surface area contributed by atoms with E-state index >= 15 is 0 Å². The predicted molar refractivity (Wildman–Crippen MR) is 121 cm³/mol. The zero-order chi connectivity index (χ0) is 21.1. The molecular formula is C23H25NO4S2. The summed E-state index contributed by atoms with van der Waals surface area (Å²) in [6.45, 7) is 0.230. The van der Waals surface area contributed by atoms with Gasteiger partial charge in [0, 0.05) is 23.6 Å². The molecule has 1 aliphatic heterocycles. The number of hydrogen-bond donors (Lipinski definition) is 1. The molecule has 1 heterocycles. The van der Waals surface area contributed by atoms with E-state index in [4.69, 9.17) is 4.74 Å². The van der Waals surface area contributed by atoms with Crippen LogP contribution in [0.25, 0.3) is 10.8 Å². The number of aliphatic hydroxyl groups is 1. The number of benzene rings is 3. The van der Waals surface area contributed by atoms with Crippen LogP contribution in [-0.2, 0) is 15.8 Å². The van der Waals surface area contributed by atoms with Crippen LogP contribution in [0.1, 0.15) is 12.0 Å². The Morgan fingerprint density at radius 2 is 1.80 bits per heavy atom. The summed E-state index contributed by atoms with van der Waals surface area (Å²) in [7, 11) is -2.03. The van der Waals surface area contributed by atoms with Crippen LogP contribution in [0.5, 0.6) is 5.75 Å². The fraction of sp³-hybridized carbons (Fsp3) is 0.304. The number of aliphatic hydroxyl groups excluding tert-OH is 1. The van der Waals surface area contributed by atoms with Crippen LogP contribution in [0.4, 0.5) is 0 Å². The summed E-state index contributed by atoms with van der Waals surface area (Å²) < 4.78 is 33.3. The molecule has 1 fully saturated rings. The number of rotatable bonds is 7. The first-order valence-corrected chi connectivity index (χ1v) is 12.4. The van der Waals surface area contributed by atoms with E-state index in [1.807, 2.05) is 54.6 Å². The minimum atomic E-state index is -3.67. The van der Waals surface area contributed by atoms with Gasteiger partial charge in [0.1, 0.15) is 5.75 Å². The number of nitrogens with zero attached hydrogens (tertiary/aromatic N) is 1. The summed E-state index contributed by atoms with van der Waals surface area (Å²) in [6, 6.07) is 20.4. The number of sulfonamides is 1. The fourth-order valence-electron chi connectivity index (χ4n) is 3.83. The van der Waals surface area contributed by atoms with Crippen molar-refractivity contribution in [1.82, 2.24) is 4.31 Å². The predicted octanol–water partition coefficient (Wildman–Crippen LogP) is 3.91. The average molecular weight is 444 g/mol. The molecule has 2 unspecified atom stereocenters. The topological polar surface area (TPSA) is 66.8 Å². The molecule has 1 aliphatic rings. The van der Waals surface area contributed by atoms with Crippen molar-refractivity contribution in [2.24, 2.45) is 0 Å². The third kappa shape index (κ3) is 4.34. The Balaban J connectivity index is 1.49. The lowest BCUT2D eigenvalue weighted by molar-refractivity contribution is 0.213. The van der Waals surface area contributed by atoms with Crippen LogP contribution in [-0.4, -0.2) is 49.4 Å². The van der Waals surface area contributed by atoms with Gasteiger partial charge in [-0.15, -0.1) is 0 Å². The van der Waals surface area contributed by atoms with E-state index in [1.54, 1.807) is 31.0 Å². The van der Waals surface area contributed by atoms with Crippen molar-refractivity contribution in [3.05, 3.63) is 72.3 Å². The maximum Gasteiger partial charge on any atom is 0.243 e. The van der Waals surface area contributed by atoms with Crippen LogP contribution in [0.2, 0.25) is 0 Å². The van der Waals surface area contributed by atoms with Gasteiger partial charge in [-0.3, -0.25) is 0 Å². The lowest BCUT2D eigenvalue weighted by Gasteiger charge is -2.22. The van der Waals surface area contributed by atoms with Crippen molar-refractivity contribution in [1.29, 1.82) is 0 Å². The number of hydrogen-bond acceptors (Lipinski definition) is 5. The molecule has 4 rings (SSSR count). The van der Waals surface area contributed by atoms with Crippen molar-refractivity contribution in [2.75, 3.05) is 20.3 Å². The minimum absolute atomic E-state index is 0.138. The Morgan fingerprint density at radius 1 is 1.07 bits per heavy atom. The Kier molecular flexibility index (Phi) is 6.34. The Morgan fingerprint density at radius 3 is 2.50 bits per heavy atom. The van der Waals surface area contributed by atoms with Crippen LogP contribution in [0.15, 0.2) is 71.6 Å². The molecule has 0 radical (unpaired) electrons. The van der Waals surface area contributed by atoms with Gasteiger partial charge < -0.3 is 9.84 Å². The molecule has 0 spiro atoms. The first kappa shape index (κ1) is 21.2. The molecular weight excluding hydrogens is 418 g/mol. The summed E-state index contributed by atoms with van der Waals surface area (Å²) in [4.78, 5) is 0.278. The number of fused-ring (bicyclic) bond motifs is 1.